The maximum Gasteiger partial charge on any atom is 0.280 e. The van der Waals surface area contributed by atoms with Crippen molar-refractivity contribution in [1.82, 2.24) is 4.98 Å². The van der Waals surface area contributed by atoms with Crippen LogP contribution in [0.2, 0.25) is 0 Å². The second-order valence-corrected chi connectivity index (χ2v) is 2.73. The molecule has 0 aliphatic heterocycles. The smallest absolute Gasteiger partial charge is 0.252 e. The largest absolute Gasteiger partial charge is 0.280 e. The summed E-state index contributed by atoms with van der Waals surface area (Å²) in [6.45, 7) is 1.36. The van der Waals surface area contributed by atoms with E-state index < -0.39 is 17.9 Å². The van der Waals surface area contributed by atoms with Crippen molar-refractivity contribution in [1.29, 1.82) is 5.26 Å². The lowest BCUT2D eigenvalue weighted by Gasteiger charge is -2.08. The molecule has 0 bridgehead atoms. The lowest BCUT2D eigenvalue weighted by Crippen LogP contribution is -2.03. The summed E-state index contributed by atoms with van der Waals surface area (Å²) in [5.74, 6) is -0.667. The Morgan fingerprint density at radius 3 is 2.71 bits per heavy atom. The lowest BCUT2D eigenvalue weighted by molar-refractivity contribution is 0.144. The molecule has 5 heteroatoms. The van der Waals surface area contributed by atoms with E-state index in [0.29, 0.717) is 0 Å². The Bertz CT molecular complexity index is 382. The van der Waals surface area contributed by atoms with Crippen LogP contribution in [0.15, 0.2) is 6.20 Å². The van der Waals surface area contributed by atoms with Gasteiger partial charge in [-0.3, -0.25) is 4.98 Å². The Morgan fingerprint density at radius 2 is 2.21 bits per heavy atom. The van der Waals surface area contributed by atoms with Crippen molar-refractivity contribution >= 4 is 0 Å². The zero-order valence-corrected chi connectivity index (χ0v) is 7.39. The van der Waals surface area contributed by atoms with E-state index in [0.717, 1.165) is 6.20 Å². The van der Waals surface area contributed by atoms with E-state index in [1.54, 1.807) is 6.07 Å². The minimum Gasteiger partial charge on any atom is -0.252 e. The van der Waals surface area contributed by atoms with Crippen LogP contribution in [0.25, 0.3) is 0 Å². The van der Waals surface area contributed by atoms with Gasteiger partial charge in [0.2, 0.25) is 0 Å². The molecule has 1 aromatic rings. The van der Waals surface area contributed by atoms with E-state index >= 15 is 0 Å². The van der Waals surface area contributed by atoms with Gasteiger partial charge in [0.05, 0.1) is 18.7 Å². The van der Waals surface area contributed by atoms with E-state index in [9.17, 15) is 13.2 Å². The van der Waals surface area contributed by atoms with Crippen molar-refractivity contribution in [2.45, 2.75) is 19.8 Å². The number of nitriles is 1. The van der Waals surface area contributed by atoms with Crippen molar-refractivity contribution in [3.63, 3.8) is 0 Å². The van der Waals surface area contributed by atoms with E-state index in [1.165, 1.54) is 6.92 Å². The topological polar surface area (TPSA) is 36.7 Å². The molecule has 2 nitrogen and oxygen atoms in total. The van der Waals surface area contributed by atoms with Gasteiger partial charge in [-0.05, 0) is 18.1 Å². The molecule has 0 atom stereocenters. The minimum absolute atomic E-state index is 0.0116. The van der Waals surface area contributed by atoms with E-state index in [-0.39, 0.29) is 17.5 Å². The number of hydrogen-bond acceptors (Lipinski definition) is 2. The van der Waals surface area contributed by atoms with Gasteiger partial charge in [-0.25, -0.2) is 13.2 Å². The van der Waals surface area contributed by atoms with Gasteiger partial charge < -0.3 is 0 Å². The minimum atomic E-state index is -2.78. The van der Waals surface area contributed by atoms with Gasteiger partial charge in [-0.15, -0.1) is 0 Å². The average Bonchev–Trinajstić information content (AvgIpc) is 2.13. The number of pyridine rings is 1. The van der Waals surface area contributed by atoms with Gasteiger partial charge >= 0.3 is 0 Å². The van der Waals surface area contributed by atoms with Crippen LogP contribution in [-0.4, -0.2) is 4.98 Å². The number of hydrogen-bond donors (Lipinski definition) is 0. The highest BCUT2D eigenvalue weighted by Crippen LogP contribution is 2.24. The van der Waals surface area contributed by atoms with Crippen molar-refractivity contribution in [3.05, 3.63) is 28.8 Å². The van der Waals surface area contributed by atoms with Gasteiger partial charge in [0.15, 0.2) is 0 Å². The lowest BCUT2D eigenvalue weighted by atomic mass is 10.0. The van der Waals surface area contributed by atoms with Crippen molar-refractivity contribution in [3.8, 4) is 6.07 Å². The second-order valence-electron chi connectivity index (χ2n) is 2.73. The first-order valence-electron chi connectivity index (χ1n) is 3.87. The summed E-state index contributed by atoms with van der Waals surface area (Å²) in [5.41, 5.74) is -0.454. The van der Waals surface area contributed by atoms with E-state index in [4.69, 9.17) is 5.26 Å². The molecule has 1 aromatic heterocycles. The highest BCUT2D eigenvalue weighted by Gasteiger charge is 2.18. The van der Waals surface area contributed by atoms with Gasteiger partial charge in [0.1, 0.15) is 11.5 Å². The maximum atomic E-state index is 12.9. The van der Waals surface area contributed by atoms with Crippen molar-refractivity contribution in [2.24, 2.45) is 0 Å². The van der Waals surface area contributed by atoms with Crippen molar-refractivity contribution in [2.75, 3.05) is 0 Å². The molecule has 1 heterocycles. The van der Waals surface area contributed by atoms with Gasteiger partial charge in [0.25, 0.3) is 6.43 Å². The maximum absolute atomic E-state index is 12.9. The molecule has 0 unspecified atom stereocenters. The zero-order valence-electron chi connectivity index (χ0n) is 7.39. The molecule has 0 aromatic carbocycles. The Morgan fingerprint density at radius 1 is 1.57 bits per heavy atom. The molecule has 1 rings (SSSR count). The third kappa shape index (κ3) is 1.84. The molecular formula is C9H7F3N2. The first-order chi connectivity index (χ1) is 6.57. The van der Waals surface area contributed by atoms with E-state index in [1.807, 2.05) is 0 Å². The van der Waals surface area contributed by atoms with Gasteiger partial charge in [-0.1, -0.05) is 0 Å². The molecule has 0 saturated heterocycles. The predicted octanol–water partition coefficient (Wildman–Crippen LogP) is 2.53. The zero-order chi connectivity index (χ0) is 10.7. The molecule has 0 N–H and O–H groups in total. The predicted molar refractivity (Wildman–Crippen MR) is 43.2 cm³/mol. The Balaban J connectivity index is 3.31. The normalized spacial score (nSPS) is 10.3. The highest BCUT2D eigenvalue weighted by atomic mass is 19.3. The molecule has 0 aliphatic rings. The van der Waals surface area contributed by atoms with Gasteiger partial charge in [0, 0.05) is 0 Å². The molecular weight excluding hydrogens is 193 g/mol. The first kappa shape index (κ1) is 10.5. The number of alkyl halides is 2. The van der Waals surface area contributed by atoms with Crippen LogP contribution in [0.1, 0.15) is 23.2 Å². The summed E-state index contributed by atoms with van der Waals surface area (Å²) < 4.78 is 37.7. The SMILES string of the molecule is Cc1c(F)cnc(C(F)F)c1CC#N. The second kappa shape index (κ2) is 4.09. The molecule has 0 radical (unpaired) electrons. The fourth-order valence-corrected chi connectivity index (χ4v) is 1.13. The number of aromatic nitrogens is 1. The number of nitrogens with zero attached hydrogens (tertiary/aromatic N) is 2. The summed E-state index contributed by atoms with van der Waals surface area (Å²) in [7, 11) is 0. The van der Waals surface area contributed by atoms with Crippen LogP contribution in [0, 0.1) is 24.1 Å². The summed E-state index contributed by atoms with van der Waals surface area (Å²) in [5, 5.41) is 8.40. The summed E-state index contributed by atoms with van der Waals surface area (Å²) in [6, 6.07) is 1.71. The monoisotopic (exact) mass is 200 g/mol. The molecule has 0 aliphatic carbocycles. The third-order valence-electron chi connectivity index (χ3n) is 1.90. The van der Waals surface area contributed by atoms with Crippen LogP contribution in [0.4, 0.5) is 13.2 Å². The summed E-state index contributed by atoms with van der Waals surface area (Å²) >= 11 is 0. The molecule has 0 spiro atoms. The highest BCUT2D eigenvalue weighted by molar-refractivity contribution is 5.33. The van der Waals surface area contributed by atoms with Crippen LogP contribution in [0.3, 0.4) is 0 Å². The molecule has 74 valence electrons. The molecule has 0 saturated carbocycles. The van der Waals surface area contributed by atoms with Crippen LogP contribution in [0.5, 0.6) is 0 Å². The summed E-state index contributed by atoms with van der Waals surface area (Å²) in [4.78, 5) is 3.28. The van der Waals surface area contributed by atoms with Crippen LogP contribution in [-0.2, 0) is 6.42 Å². The van der Waals surface area contributed by atoms with Crippen molar-refractivity contribution < 1.29 is 13.2 Å². The quantitative estimate of drug-likeness (QED) is 0.735. The first-order valence-corrected chi connectivity index (χ1v) is 3.87. The molecule has 0 fully saturated rings. The number of rotatable bonds is 2. The third-order valence-corrected chi connectivity index (χ3v) is 1.90. The molecule has 14 heavy (non-hydrogen) atoms. The number of halogens is 3. The Labute approximate surface area is 79.0 Å². The van der Waals surface area contributed by atoms with Crippen LogP contribution >= 0.6 is 0 Å². The fourth-order valence-electron chi connectivity index (χ4n) is 1.13. The Kier molecular flexibility index (Phi) is 3.07. The van der Waals surface area contributed by atoms with E-state index in [2.05, 4.69) is 4.98 Å². The summed E-state index contributed by atoms with van der Waals surface area (Å²) in [6.07, 6.45) is -2.29. The standard InChI is InChI=1S/C9H7F3N2/c1-5-6(2-3-13)8(9(11)12)14-4-7(5)10/h4,9H,2H2,1H3. The Hall–Kier alpha value is -1.57. The average molecular weight is 200 g/mol. The van der Waals surface area contributed by atoms with Crippen LogP contribution < -0.4 is 0 Å². The fraction of sp³-hybridized carbons (Fsp3) is 0.333. The van der Waals surface area contributed by atoms with Gasteiger partial charge in [-0.2, -0.15) is 5.26 Å². The molecule has 0 amide bonds.